The van der Waals surface area contributed by atoms with Gasteiger partial charge in [0.25, 0.3) is 5.91 Å². The topological polar surface area (TPSA) is 58.6 Å². The zero-order valence-electron chi connectivity index (χ0n) is 13.1. The average molecular weight is 310 g/mol. The highest BCUT2D eigenvalue weighted by atomic mass is 16.5. The van der Waals surface area contributed by atoms with E-state index in [1.165, 1.54) is 4.90 Å². The summed E-state index contributed by atoms with van der Waals surface area (Å²) in [4.78, 5) is 26.1. The number of benzene rings is 2. The van der Waals surface area contributed by atoms with Crippen molar-refractivity contribution in [3.63, 3.8) is 0 Å². The number of nitrogens with one attached hydrogen (secondary N) is 1. The number of anilines is 2. The number of aryl methyl sites for hydroxylation is 1. The van der Waals surface area contributed by atoms with Gasteiger partial charge in [-0.3, -0.25) is 9.59 Å². The van der Waals surface area contributed by atoms with Crippen molar-refractivity contribution in [2.75, 3.05) is 17.3 Å². The molecular formula is C18H18N2O3. The highest BCUT2D eigenvalue weighted by Gasteiger charge is 2.39. The Labute approximate surface area is 134 Å². The van der Waals surface area contributed by atoms with Crippen molar-refractivity contribution in [2.24, 2.45) is 0 Å². The van der Waals surface area contributed by atoms with Crippen molar-refractivity contribution in [1.82, 2.24) is 0 Å². The maximum Gasteiger partial charge on any atom is 0.256 e. The smallest absolute Gasteiger partial charge is 0.256 e. The summed E-state index contributed by atoms with van der Waals surface area (Å²) < 4.78 is 5.15. The van der Waals surface area contributed by atoms with Crippen LogP contribution in [0.2, 0.25) is 0 Å². The molecule has 0 aromatic heterocycles. The Morgan fingerprint density at radius 1 is 1.13 bits per heavy atom. The Balaban J connectivity index is 1.80. The SMILES string of the molecule is COc1cccc(N2C(=O)C[C@H](Nc3ccc(C)cc3)C2=O)c1. The Bertz CT molecular complexity index is 740. The van der Waals surface area contributed by atoms with Crippen molar-refractivity contribution in [2.45, 2.75) is 19.4 Å². The van der Waals surface area contributed by atoms with Gasteiger partial charge in [0.05, 0.1) is 19.2 Å². The molecule has 1 saturated heterocycles. The molecule has 0 aliphatic carbocycles. The lowest BCUT2D eigenvalue weighted by Gasteiger charge is -2.16. The minimum absolute atomic E-state index is 0.143. The molecule has 1 fully saturated rings. The maximum atomic E-state index is 12.6. The quantitative estimate of drug-likeness (QED) is 0.882. The summed E-state index contributed by atoms with van der Waals surface area (Å²) >= 11 is 0. The number of imide groups is 1. The van der Waals surface area contributed by atoms with Gasteiger partial charge in [-0.1, -0.05) is 23.8 Å². The van der Waals surface area contributed by atoms with Gasteiger partial charge < -0.3 is 10.1 Å². The van der Waals surface area contributed by atoms with E-state index in [0.717, 1.165) is 11.3 Å². The van der Waals surface area contributed by atoms with Crippen molar-refractivity contribution >= 4 is 23.2 Å². The molecule has 1 N–H and O–H groups in total. The van der Waals surface area contributed by atoms with Gasteiger partial charge in [0, 0.05) is 11.8 Å². The Morgan fingerprint density at radius 2 is 1.87 bits per heavy atom. The predicted molar refractivity (Wildman–Crippen MR) is 88.7 cm³/mol. The van der Waals surface area contributed by atoms with Crippen LogP contribution in [0.1, 0.15) is 12.0 Å². The van der Waals surface area contributed by atoms with E-state index in [2.05, 4.69) is 5.32 Å². The first-order valence-electron chi connectivity index (χ1n) is 7.42. The first-order valence-corrected chi connectivity index (χ1v) is 7.42. The second kappa shape index (κ2) is 6.12. The van der Waals surface area contributed by atoms with Crippen LogP contribution < -0.4 is 15.0 Å². The molecule has 2 amide bonds. The average Bonchev–Trinajstić information content (AvgIpc) is 2.83. The number of hydrogen-bond acceptors (Lipinski definition) is 4. The number of carbonyl (C=O) groups is 2. The van der Waals surface area contributed by atoms with E-state index in [0.29, 0.717) is 11.4 Å². The molecule has 0 bridgehead atoms. The number of amides is 2. The monoisotopic (exact) mass is 310 g/mol. The molecule has 0 unspecified atom stereocenters. The van der Waals surface area contributed by atoms with Crippen LogP contribution in [-0.2, 0) is 9.59 Å². The van der Waals surface area contributed by atoms with Gasteiger partial charge >= 0.3 is 0 Å². The van der Waals surface area contributed by atoms with E-state index in [4.69, 9.17) is 4.74 Å². The van der Waals surface area contributed by atoms with E-state index in [1.54, 1.807) is 31.4 Å². The van der Waals surface area contributed by atoms with Crippen LogP contribution in [0.25, 0.3) is 0 Å². The molecule has 0 saturated carbocycles. The highest BCUT2D eigenvalue weighted by Crippen LogP contribution is 2.27. The largest absolute Gasteiger partial charge is 0.497 e. The van der Waals surface area contributed by atoms with Crippen LogP contribution in [0.4, 0.5) is 11.4 Å². The first kappa shape index (κ1) is 15.1. The molecule has 0 spiro atoms. The molecule has 23 heavy (non-hydrogen) atoms. The minimum Gasteiger partial charge on any atom is -0.497 e. The van der Waals surface area contributed by atoms with Crippen LogP contribution in [0.15, 0.2) is 48.5 Å². The normalized spacial score (nSPS) is 17.5. The van der Waals surface area contributed by atoms with Gasteiger partial charge in [-0.15, -0.1) is 0 Å². The summed E-state index contributed by atoms with van der Waals surface area (Å²) in [6.07, 6.45) is 0.143. The zero-order chi connectivity index (χ0) is 16.4. The Morgan fingerprint density at radius 3 is 2.57 bits per heavy atom. The second-order valence-electron chi connectivity index (χ2n) is 5.54. The molecule has 1 heterocycles. The molecule has 5 nitrogen and oxygen atoms in total. The third kappa shape index (κ3) is 3.04. The van der Waals surface area contributed by atoms with Crippen LogP contribution in [0.5, 0.6) is 5.75 Å². The van der Waals surface area contributed by atoms with Crippen molar-refractivity contribution < 1.29 is 14.3 Å². The lowest BCUT2D eigenvalue weighted by atomic mass is 10.2. The fourth-order valence-electron chi connectivity index (χ4n) is 2.62. The van der Waals surface area contributed by atoms with E-state index >= 15 is 0 Å². The molecule has 1 aliphatic rings. The van der Waals surface area contributed by atoms with Gasteiger partial charge in [0.2, 0.25) is 5.91 Å². The lowest BCUT2D eigenvalue weighted by molar-refractivity contribution is -0.121. The van der Waals surface area contributed by atoms with Gasteiger partial charge in [0.1, 0.15) is 11.8 Å². The Kier molecular flexibility index (Phi) is 4.02. The molecule has 1 aliphatic heterocycles. The predicted octanol–water partition coefficient (Wildman–Crippen LogP) is 2.75. The van der Waals surface area contributed by atoms with E-state index in [1.807, 2.05) is 31.2 Å². The number of hydrogen-bond donors (Lipinski definition) is 1. The molecule has 118 valence electrons. The third-order valence-electron chi connectivity index (χ3n) is 3.85. The summed E-state index contributed by atoms with van der Waals surface area (Å²) in [5.41, 5.74) is 2.50. The van der Waals surface area contributed by atoms with Crippen LogP contribution in [0.3, 0.4) is 0 Å². The highest BCUT2D eigenvalue weighted by molar-refractivity contribution is 6.23. The Hall–Kier alpha value is -2.82. The molecule has 3 rings (SSSR count). The van der Waals surface area contributed by atoms with Gasteiger partial charge in [-0.2, -0.15) is 0 Å². The number of carbonyl (C=O) groups excluding carboxylic acids is 2. The summed E-state index contributed by atoms with van der Waals surface area (Å²) in [7, 11) is 1.55. The van der Waals surface area contributed by atoms with Crippen molar-refractivity contribution in [3.8, 4) is 5.75 Å². The first-order chi connectivity index (χ1) is 11.1. The lowest BCUT2D eigenvalue weighted by Crippen LogP contribution is -2.34. The van der Waals surface area contributed by atoms with Crippen molar-refractivity contribution in [1.29, 1.82) is 0 Å². The van der Waals surface area contributed by atoms with Crippen LogP contribution >= 0.6 is 0 Å². The van der Waals surface area contributed by atoms with E-state index < -0.39 is 6.04 Å². The molecule has 2 aromatic carbocycles. The molecular weight excluding hydrogens is 292 g/mol. The number of ether oxygens (including phenoxy) is 1. The molecule has 0 radical (unpaired) electrons. The third-order valence-corrected chi connectivity index (χ3v) is 3.85. The number of nitrogens with zero attached hydrogens (tertiary/aromatic N) is 1. The summed E-state index contributed by atoms with van der Waals surface area (Å²) in [6, 6.07) is 14.1. The number of rotatable bonds is 4. The molecule has 5 heteroatoms. The number of methoxy groups -OCH3 is 1. The van der Waals surface area contributed by atoms with Gasteiger partial charge in [-0.05, 0) is 31.2 Å². The second-order valence-corrected chi connectivity index (χ2v) is 5.54. The zero-order valence-corrected chi connectivity index (χ0v) is 13.1. The molecule has 1 atom stereocenters. The van der Waals surface area contributed by atoms with E-state index in [9.17, 15) is 9.59 Å². The van der Waals surface area contributed by atoms with Gasteiger partial charge in [0.15, 0.2) is 0 Å². The van der Waals surface area contributed by atoms with Gasteiger partial charge in [-0.25, -0.2) is 4.90 Å². The van der Waals surface area contributed by atoms with Crippen molar-refractivity contribution in [3.05, 3.63) is 54.1 Å². The summed E-state index contributed by atoms with van der Waals surface area (Å²) in [5, 5.41) is 3.13. The van der Waals surface area contributed by atoms with Crippen LogP contribution in [-0.4, -0.2) is 25.0 Å². The van der Waals surface area contributed by atoms with E-state index in [-0.39, 0.29) is 18.2 Å². The standard InChI is InChI=1S/C18H18N2O3/c1-12-6-8-13(9-7-12)19-16-11-17(21)20(18(16)22)14-4-3-5-15(10-14)23-2/h3-10,16,19H,11H2,1-2H3/t16-/m0/s1. The fourth-order valence-corrected chi connectivity index (χ4v) is 2.62. The minimum atomic E-state index is -0.545. The summed E-state index contributed by atoms with van der Waals surface area (Å²) in [5.74, 6) is 0.148. The molecule has 2 aromatic rings. The van der Waals surface area contributed by atoms with Crippen LogP contribution in [0, 0.1) is 6.92 Å². The maximum absolute atomic E-state index is 12.6. The fraction of sp³-hybridized carbons (Fsp3) is 0.222. The summed E-state index contributed by atoms with van der Waals surface area (Å²) in [6.45, 7) is 2.00.